The zero-order valence-electron chi connectivity index (χ0n) is 11.0. The largest absolute Gasteiger partial charge is 0.382 e. The molecule has 0 spiro atoms. The maximum atomic E-state index is 6.29. The molecule has 3 nitrogen and oxygen atoms in total. The van der Waals surface area contributed by atoms with Crippen LogP contribution in [0.1, 0.15) is 42.5 Å². The third-order valence-electron chi connectivity index (χ3n) is 3.74. The van der Waals surface area contributed by atoms with Gasteiger partial charge >= 0.3 is 0 Å². The molecule has 0 bridgehead atoms. The zero-order valence-corrected chi connectivity index (χ0v) is 12.6. The fraction of sp³-hybridized carbons (Fsp3) is 0.571. The maximum absolute atomic E-state index is 6.29. The van der Waals surface area contributed by atoms with E-state index < -0.39 is 0 Å². The van der Waals surface area contributed by atoms with E-state index in [1.54, 1.807) is 17.7 Å². The lowest BCUT2D eigenvalue weighted by molar-refractivity contribution is 0.138. The summed E-state index contributed by atoms with van der Waals surface area (Å²) < 4.78 is 5.51. The molecular formula is C14H17ClN2OS. The summed E-state index contributed by atoms with van der Waals surface area (Å²) in [6.45, 7) is 3.65. The molecule has 3 rings (SSSR count). The number of hydrogen-bond acceptors (Lipinski definition) is 4. The van der Waals surface area contributed by atoms with Gasteiger partial charge in [0.15, 0.2) is 0 Å². The first-order valence-electron chi connectivity index (χ1n) is 6.80. The van der Waals surface area contributed by atoms with Crippen LogP contribution in [0.5, 0.6) is 0 Å². The van der Waals surface area contributed by atoms with Crippen molar-refractivity contribution in [2.75, 3.05) is 13.2 Å². The second-order valence-electron chi connectivity index (χ2n) is 4.86. The second kappa shape index (κ2) is 5.73. The van der Waals surface area contributed by atoms with Crippen molar-refractivity contribution in [3.05, 3.63) is 21.9 Å². The van der Waals surface area contributed by atoms with Gasteiger partial charge in [-0.1, -0.05) is 11.6 Å². The van der Waals surface area contributed by atoms with Gasteiger partial charge in [-0.15, -0.1) is 11.3 Å². The smallest absolute Gasteiger partial charge is 0.141 e. The maximum Gasteiger partial charge on any atom is 0.141 e. The minimum Gasteiger partial charge on any atom is -0.382 e. The van der Waals surface area contributed by atoms with Crippen molar-refractivity contribution in [2.45, 2.75) is 38.5 Å². The molecule has 19 heavy (non-hydrogen) atoms. The fourth-order valence-corrected chi connectivity index (χ4v) is 4.45. The number of aryl methyl sites for hydroxylation is 1. The van der Waals surface area contributed by atoms with Crippen LogP contribution in [0.25, 0.3) is 10.2 Å². The Morgan fingerprint density at radius 2 is 2.37 bits per heavy atom. The van der Waals surface area contributed by atoms with Crippen molar-refractivity contribution < 1.29 is 4.74 Å². The molecule has 0 saturated heterocycles. The van der Waals surface area contributed by atoms with E-state index in [2.05, 4.69) is 9.97 Å². The molecule has 2 aromatic rings. The Kier molecular flexibility index (Phi) is 4.01. The van der Waals surface area contributed by atoms with E-state index in [4.69, 9.17) is 16.3 Å². The van der Waals surface area contributed by atoms with Crippen LogP contribution < -0.4 is 0 Å². The number of hydrogen-bond donors (Lipinski definition) is 0. The molecule has 0 saturated carbocycles. The number of halogens is 1. The lowest BCUT2D eigenvalue weighted by atomic mass is 9.84. The lowest BCUT2D eigenvalue weighted by Gasteiger charge is -2.23. The quantitative estimate of drug-likeness (QED) is 0.627. The van der Waals surface area contributed by atoms with Gasteiger partial charge in [0.25, 0.3) is 0 Å². The third kappa shape index (κ3) is 2.49. The second-order valence-corrected chi connectivity index (χ2v) is 6.30. The molecule has 0 amide bonds. The summed E-state index contributed by atoms with van der Waals surface area (Å²) in [6, 6.07) is 0. The fourth-order valence-electron chi connectivity index (χ4n) is 2.89. The minimum atomic E-state index is 0.549. The van der Waals surface area contributed by atoms with Crippen molar-refractivity contribution in [1.29, 1.82) is 0 Å². The van der Waals surface area contributed by atoms with Gasteiger partial charge in [0.2, 0.25) is 0 Å². The molecule has 0 radical (unpaired) electrons. The van der Waals surface area contributed by atoms with Crippen molar-refractivity contribution in [2.24, 2.45) is 0 Å². The summed E-state index contributed by atoms with van der Waals surface area (Å²) >= 11 is 8.07. The Bertz CT molecular complexity index is 584. The van der Waals surface area contributed by atoms with Gasteiger partial charge in [0.1, 0.15) is 16.3 Å². The molecule has 102 valence electrons. The summed E-state index contributed by atoms with van der Waals surface area (Å²) in [4.78, 5) is 11.0. The summed E-state index contributed by atoms with van der Waals surface area (Å²) in [5, 5.41) is 1.69. The molecule has 0 aromatic carbocycles. The Balaban J connectivity index is 1.99. The number of rotatable bonds is 4. The van der Waals surface area contributed by atoms with Crippen LogP contribution in [0, 0.1) is 0 Å². The third-order valence-corrected chi connectivity index (χ3v) is 5.20. The highest BCUT2D eigenvalue weighted by Gasteiger charge is 2.26. The summed E-state index contributed by atoms with van der Waals surface area (Å²) in [5.41, 5.74) is 1.40. The van der Waals surface area contributed by atoms with Gasteiger partial charge in [0.05, 0.1) is 5.39 Å². The highest BCUT2D eigenvalue weighted by Crippen LogP contribution is 2.44. The van der Waals surface area contributed by atoms with Crippen LogP contribution in [0.4, 0.5) is 0 Å². The molecule has 0 N–H and O–H groups in total. The average molecular weight is 297 g/mol. The van der Waals surface area contributed by atoms with Crippen LogP contribution in [-0.2, 0) is 11.2 Å². The van der Waals surface area contributed by atoms with E-state index in [0.717, 1.165) is 36.3 Å². The molecule has 2 aromatic heterocycles. The van der Waals surface area contributed by atoms with E-state index in [0.29, 0.717) is 11.1 Å². The molecule has 0 aliphatic heterocycles. The standard InChI is InChI=1S/C14H17ClN2OS/c1-2-18-7-6-9-4-3-5-10-11(9)12-13(15)16-8-17-14(12)19-10/h8-9H,2-7H2,1H3. The van der Waals surface area contributed by atoms with Crippen LogP contribution in [-0.4, -0.2) is 23.2 Å². The van der Waals surface area contributed by atoms with Gasteiger partial charge in [-0.05, 0) is 44.1 Å². The molecular weight excluding hydrogens is 280 g/mol. The highest BCUT2D eigenvalue weighted by molar-refractivity contribution is 7.19. The zero-order chi connectivity index (χ0) is 13.2. The van der Waals surface area contributed by atoms with E-state index >= 15 is 0 Å². The first-order chi connectivity index (χ1) is 9.31. The van der Waals surface area contributed by atoms with Gasteiger partial charge < -0.3 is 4.74 Å². The van der Waals surface area contributed by atoms with Crippen LogP contribution in [0.15, 0.2) is 6.33 Å². The first kappa shape index (κ1) is 13.3. The molecule has 2 heterocycles. The molecule has 1 atom stereocenters. The topological polar surface area (TPSA) is 35.0 Å². The predicted octanol–water partition coefficient (Wildman–Crippen LogP) is 4.19. The Labute approximate surface area is 122 Å². The number of fused-ring (bicyclic) bond motifs is 3. The average Bonchev–Trinajstić information content (AvgIpc) is 2.79. The molecule has 0 fully saturated rings. The highest BCUT2D eigenvalue weighted by atomic mass is 35.5. The van der Waals surface area contributed by atoms with E-state index in [1.807, 2.05) is 6.92 Å². The van der Waals surface area contributed by atoms with Crippen LogP contribution in [0.3, 0.4) is 0 Å². The van der Waals surface area contributed by atoms with Gasteiger partial charge in [-0.3, -0.25) is 0 Å². The van der Waals surface area contributed by atoms with E-state index in [9.17, 15) is 0 Å². The van der Waals surface area contributed by atoms with Crippen molar-refractivity contribution in [1.82, 2.24) is 9.97 Å². The monoisotopic (exact) mass is 296 g/mol. The SMILES string of the molecule is CCOCCC1CCCc2sc3ncnc(Cl)c3c21. The first-order valence-corrected chi connectivity index (χ1v) is 8.00. The Hall–Kier alpha value is -0.710. The minimum absolute atomic E-state index is 0.549. The van der Waals surface area contributed by atoms with Gasteiger partial charge in [-0.2, -0.15) is 0 Å². The molecule has 1 unspecified atom stereocenters. The Morgan fingerprint density at radius 1 is 1.47 bits per heavy atom. The van der Waals surface area contributed by atoms with Crippen LogP contribution in [0.2, 0.25) is 5.15 Å². The van der Waals surface area contributed by atoms with Crippen LogP contribution >= 0.6 is 22.9 Å². The van der Waals surface area contributed by atoms with Crippen molar-refractivity contribution in [3.63, 3.8) is 0 Å². The molecule has 5 heteroatoms. The van der Waals surface area contributed by atoms with E-state index in [-0.39, 0.29) is 0 Å². The lowest BCUT2D eigenvalue weighted by Crippen LogP contribution is -2.10. The molecule has 1 aliphatic rings. The number of nitrogens with zero attached hydrogens (tertiary/aromatic N) is 2. The number of ether oxygens (including phenoxy) is 1. The number of thiophene rings is 1. The van der Waals surface area contributed by atoms with Crippen molar-refractivity contribution in [3.8, 4) is 0 Å². The summed E-state index contributed by atoms with van der Waals surface area (Å²) in [5.74, 6) is 0.549. The van der Waals surface area contributed by atoms with Gasteiger partial charge in [0, 0.05) is 18.1 Å². The normalized spacial score (nSPS) is 18.7. The summed E-state index contributed by atoms with van der Waals surface area (Å²) in [7, 11) is 0. The van der Waals surface area contributed by atoms with Gasteiger partial charge in [-0.25, -0.2) is 9.97 Å². The van der Waals surface area contributed by atoms with E-state index in [1.165, 1.54) is 23.3 Å². The summed E-state index contributed by atoms with van der Waals surface area (Å²) in [6.07, 6.45) is 6.25. The Morgan fingerprint density at radius 3 is 3.21 bits per heavy atom. The van der Waals surface area contributed by atoms with Crippen molar-refractivity contribution >= 4 is 33.2 Å². The number of aromatic nitrogens is 2. The predicted molar refractivity (Wildman–Crippen MR) is 79.2 cm³/mol. The molecule has 1 aliphatic carbocycles.